The molecule has 19 heavy (non-hydrogen) atoms. The molecule has 1 aliphatic rings. The molecule has 3 rings (SSSR count). The van der Waals surface area contributed by atoms with Crippen LogP contribution in [-0.4, -0.2) is 20.5 Å². The van der Waals surface area contributed by atoms with Gasteiger partial charge in [-0.05, 0) is 18.2 Å². The van der Waals surface area contributed by atoms with Crippen LogP contribution in [0.5, 0.6) is 0 Å². The average Bonchev–Trinajstić information content (AvgIpc) is 2.85. The highest BCUT2D eigenvalue weighted by molar-refractivity contribution is 9.08. The van der Waals surface area contributed by atoms with Crippen LogP contribution in [0.4, 0.5) is 4.39 Å². The summed E-state index contributed by atoms with van der Waals surface area (Å²) in [4.78, 5) is 16.3. The molecule has 2 aromatic rings. The van der Waals surface area contributed by atoms with E-state index in [0.29, 0.717) is 23.4 Å². The van der Waals surface area contributed by atoms with Gasteiger partial charge in [0.15, 0.2) is 0 Å². The number of ketones is 1. The summed E-state index contributed by atoms with van der Waals surface area (Å²) >= 11 is 3.31. The van der Waals surface area contributed by atoms with Crippen molar-refractivity contribution < 1.29 is 9.18 Å². The summed E-state index contributed by atoms with van der Waals surface area (Å²) in [5, 5.41) is 7.91. The second-order valence-corrected chi connectivity index (χ2v) is 4.78. The highest BCUT2D eigenvalue weighted by atomic mass is 79.9. The van der Waals surface area contributed by atoms with Crippen LogP contribution in [0.3, 0.4) is 0 Å². The Morgan fingerprint density at radius 1 is 1.53 bits per heavy atom. The molecule has 2 aromatic heterocycles. The number of fused-ring (bicyclic) bond motifs is 1. The Morgan fingerprint density at radius 3 is 3.05 bits per heavy atom. The van der Waals surface area contributed by atoms with Gasteiger partial charge in [-0.1, -0.05) is 15.9 Å². The second kappa shape index (κ2) is 4.82. The Morgan fingerprint density at radius 2 is 2.37 bits per heavy atom. The number of halogens is 2. The molecule has 5 nitrogen and oxygen atoms in total. The SMILES string of the molecule is O=C1c2cc(CBr)nn2CNC1c1ccc(F)cn1. The topological polar surface area (TPSA) is 59.8 Å². The fourth-order valence-electron chi connectivity index (χ4n) is 2.07. The Labute approximate surface area is 117 Å². The Bertz CT molecular complexity index is 625. The molecule has 98 valence electrons. The first-order valence-corrected chi connectivity index (χ1v) is 6.83. The molecule has 0 aromatic carbocycles. The Balaban J connectivity index is 1.94. The van der Waals surface area contributed by atoms with Crippen molar-refractivity contribution in [2.24, 2.45) is 0 Å². The monoisotopic (exact) mass is 324 g/mol. The van der Waals surface area contributed by atoms with E-state index in [9.17, 15) is 9.18 Å². The van der Waals surface area contributed by atoms with Gasteiger partial charge in [0.2, 0.25) is 5.78 Å². The normalized spacial score (nSPS) is 18.4. The first-order valence-electron chi connectivity index (χ1n) is 5.71. The van der Waals surface area contributed by atoms with E-state index in [1.54, 1.807) is 10.7 Å². The van der Waals surface area contributed by atoms with E-state index in [2.05, 4.69) is 31.3 Å². The van der Waals surface area contributed by atoms with Gasteiger partial charge in [0.05, 0.1) is 24.3 Å². The van der Waals surface area contributed by atoms with E-state index >= 15 is 0 Å². The summed E-state index contributed by atoms with van der Waals surface area (Å²) in [6, 6.07) is 4.03. The van der Waals surface area contributed by atoms with E-state index in [1.165, 1.54) is 12.1 Å². The molecular formula is C12H10BrFN4O. The van der Waals surface area contributed by atoms with Crippen molar-refractivity contribution in [2.45, 2.75) is 18.0 Å². The van der Waals surface area contributed by atoms with Crippen LogP contribution < -0.4 is 5.32 Å². The van der Waals surface area contributed by atoms with Crippen molar-refractivity contribution in [1.82, 2.24) is 20.1 Å². The zero-order valence-corrected chi connectivity index (χ0v) is 11.4. The molecule has 0 fully saturated rings. The number of alkyl halides is 1. The predicted molar refractivity (Wildman–Crippen MR) is 69.3 cm³/mol. The largest absolute Gasteiger partial charge is 0.290 e. The Hall–Kier alpha value is -1.60. The molecule has 7 heteroatoms. The number of nitrogens with zero attached hydrogens (tertiary/aromatic N) is 3. The third-order valence-electron chi connectivity index (χ3n) is 2.97. The quantitative estimate of drug-likeness (QED) is 0.856. The third-order valence-corrected chi connectivity index (χ3v) is 3.55. The second-order valence-electron chi connectivity index (χ2n) is 4.21. The lowest BCUT2D eigenvalue weighted by molar-refractivity contribution is 0.0898. The van der Waals surface area contributed by atoms with Crippen LogP contribution in [0.2, 0.25) is 0 Å². The summed E-state index contributed by atoms with van der Waals surface area (Å²) < 4.78 is 14.5. The van der Waals surface area contributed by atoms with Gasteiger partial charge < -0.3 is 0 Å². The average molecular weight is 325 g/mol. The summed E-state index contributed by atoms with van der Waals surface area (Å²) in [6.07, 6.45) is 1.11. The fourth-order valence-corrected chi connectivity index (χ4v) is 2.34. The highest BCUT2D eigenvalue weighted by Crippen LogP contribution is 2.22. The van der Waals surface area contributed by atoms with Gasteiger partial charge in [-0.3, -0.25) is 15.1 Å². The number of rotatable bonds is 2. The minimum atomic E-state index is -0.548. The van der Waals surface area contributed by atoms with E-state index in [0.717, 1.165) is 11.9 Å². The number of Topliss-reactive ketones (excluding diaryl/α,β-unsaturated/α-hetero) is 1. The van der Waals surface area contributed by atoms with Crippen LogP contribution >= 0.6 is 15.9 Å². The lowest BCUT2D eigenvalue weighted by Gasteiger charge is -2.22. The molecule has 1 aliphatic heterocycles. The van der Waals surface area contributed by atoms with Crippen molar-refractivity contribution >= 4 is 21.7 Å². The van der Waals surface area contributed by atoms with E-state index in [-0.39, 0.29) is 5.78 Å². The fraction of sp³-hybridized carbons (Fsp3) is 0.250. The number of nitrogens with one attached hydrogen (secondary N) is 1. The molecule has 0 amide bonds. The maximum atomic E-state index is 12.9. The standard InChI is InChI=1S/C12H10BrFN4O/c13-4-8-3-10-12(19)11(16-6-18(10)17-8)9-2-1-7(14)5-15-9/h1-3,5,11,16H,4,6H2. The number of aromatic nitrogens is 3. The van der Waals surface area contributed by atoms with Gasteiger partial charge in [0, 0.05) is 5.33 Å². The van der Waals surface area contributed by atoms with Gasteiger partial charge in [0.25, 0.3) is 0 Å². The molecule has 0 saturated carbocycles. The molecule has 3 heterocycles. The molecule has 1 N–H and O–H groups in total. The Kier molecular flexibility index (Phi) is 3.16. The van der Waals surface area contributed by atoms with E-state index < -0.39 is 11.9 Å². The van der Waals surface area contributed by atoms with Gasteiger partial charge >= 0.3 is 0 Å². The van der Waals surface area contributed by atoms with E-state index in [4.69, 9.17) is 0 Å². The van der Waals surface area contributed by atoms with Crippen molar-refractivity contribution in [3.8, 4) is 0 Å². The molecule has 0 bridgehead atoms. The zero-order valence-electron chi connectivity index (χ0n) is 9.81. The minimum absolute atomic E-state index is 0.106. The molecular weight excluding hydrogens is 315 g/mol. The summed E-state index contributed by atoms with van der Waals surface area (Å²) in [7, 11) is 0. The first kappa shape index (κ1) is 12.4. The number of carbonyl (C=O) groups excluding carboxylic acids is 1. The maximum Gasteiger partial charge on any atom is 0.203 e. The summed E-state index contributed by atoms with van der Waals surface area (Å²) in [6.45, 7) is 0.428. The van der Waals surface area contributed by atoms with Crippen LogP contribution in [0.25, 0.3) is 0 Å². The van der Waals surface area contributed by atoms with Gasteiger partial charge in [-0.25, -0.2) is 9.07 Å². The lowest BCUT2D eigenvalue weighted by Crippen LogP contribution is -2.38. The molecule has 0 aliphatic carbocycles. The molecule has 0 spiro atoms. The number of hydrogen-bond donors (Lipinski definition) is 1. The number of pyridine rings is 1. The zero-order chi connectivity index (χ0) is 13.4. The molecule has 0 saturated heterocycles. The highest BCUT2D eigenvalue weighted by Gasteiger charge is 2.30. The summed E-state index contributed by atoms with van der Waals surface area (Å²) in [5.74, 6) is -0.524. The number of carbonyl (C=O) groups is 1. The van der Waals surface area contributed by atoms with Crippen molar-refractivity contribution in [3.05, 3.63) is 47.3 Å². The van der Waals surface area contributed by atoms with Gasteiger partial charge in [-0.2, -0.15) is 5.10 Å². The van der Waals surface area contributed by atoms with Crippen molar-refractivity contribution in [1.29, 1.82) is 0 Å². The van der Waals surface area contributed by atoms with Gasteiger partial charge in [-0.15, -0.1) is 0 Å². The van der Waals surface area contributed by atoms with Crippen LogP contribution in [-0.2, 0) is 12.0 Å². The first-order chi connectivity index (χ1) is 9.19. The van der Waals surface area contributed by atoms with Crippen LogP contribution in [0, 0.1) is 5.82 Å². The van der Waals surface area contributed by atoms with E-state index in [1.807, 2.05) is 0 Å². The van der Waals surface area contributed by atoms with Crippen molar-refractivity contribution in [3.63, 3.8) is 0 Å². The van der Waals surface area contributed by atoms with Crippen LogP contribution in [0.15, 0.2) is 24.4 Å². The molecule has 1 unspecified atom stereocenters. The van der Waals surface area contributed by atoms with Crippen molar-refractivity contribution in [2.75, 3.05) is 0 Å². The smallest absolute Gasteiger partial charge is 0.203 e. The number of hydrogen-bond acceptors (Lipinski definition) is 4. The minimum Gasteiger partial charge on any atom is -0.290 e. The van der Waals surface area contributed by atoms with Gasteiger partial charge in [0.1, 0.15) is 17.6 Å². The summed E-state index contributed by atoms with van der Waals surface area (Å²) in [5.41, 5.74) is 1.86. The molecule has 0 radical (unpaired) electrons. The predicted octanol–water partition coefficient (Wildman–Crippen LogP) is 1.80. The lowest BCUT2D eigenvalue weighted by atomic mass is 10.0. The van der Waals surface area contributed by atoms with Crippen LogP contribution in [0.1, 0.15) is 27.9 Å². The third kappa shape index (κ3) is 2.19. The maximum absolute atomic E-state index is 12.9. The molecule has 1 atom stereocenters.